The lowest BCUT2D eigenvalue weighted by Gasteiger charge is -2.42. The van der Waals surface area contributed by atoms with Gasteiger partial charge in [0, 0.05) is 45.3 Å². The van der Waals surface area contributed by atoms with Crippen LogP contribution in [0.5, 0.6) is 0 Å². The number of hydrogen-bond acceptors (Lipinski definition) is 3. The van der Waals surface area contributed by atoms with Crippen molar-refractivity contribution < 1.29 is 9.59 Å². The van der Waals surface area contributed by atoms with Gasteiger partial charge in [0.1, 0.15) is 0 Å². The summed E-state index contributed by atoms with van der Waals surface area (Å²) in [6.07, 6.45) is 4.95. The summed E-state index contributed by atoms with van der Waals surface area (Å²) in [5.41, 5.74) is 1.26. The zero-order chi connectivity index (χ0) is 21.3. The van der Waals surface area contributed by atoms with Crippen molar-refractivity contribution in [2.75, 3.05) is 45.8 Å². The standard InChI is InChI=1S/C24H38N4O2/c1-3-26(4-2)24(30)27-17-13-22(14-18-27)28-16-8-11-21(19-28)23(29)25-15-12-20-9-6-5-7-10-20/h5-7,9-10,21-22H,3-4,8,11-19H2,1-2H3,(H,25,29)/t21-/m1/s1. The van der Waals surface area contributed by atoms with Gasteiger partial charge in [0.15, 0.2) is 0 Å². The zero-order valence-corrected chi connectivity index (χ0v) is 18.7. The fraction of sp³-hybridized carbons (Fsp3) is 0.667. The van der Waals surface area contributed by atoms with Crippen LogP contribution < -0.4 is 5.32 Å². The molecule has 2 heterocycles. The van der Waals surface area contributed by atoms with E-state index >= 15 is 0 Å². The number of likely N-dealkylation sites (tertiary alicyclic amines) is 2. The number of nitrogens with zero attached hydrogens (tertiary/aromatic N) is 3. The van der Waals surface area contributed by atoms with E-state index in [4.69, 9.17) is 0 Å². The normalized spacial score (nSPS) is 20.7. The molecule has 166 valence electrons. The van der Waals surface area contributed by atoms with Crippen molar-refractivity contribution in [1.29, 1.82) is 0 Å². The van der Waals surface area contributed by atoms with Crippen LogP contribution in [0.3, 0.4) is 0 Å². The molecule has 0 aliphatic carbocycles. The van der Waals surface area contributed by atoms with E-state index < -0.39 is 0 Å². The maximum absolute atomic E-state index is 12.7. The van der Waals surface area contributed by atoms with E-state index in [1.165, 1.54) is 5.56 Å². The number of rotatable bonds is 7. The molecule has 3 amide bonds. The Bertz CT molecular complexity index is 669. The van der Waals surface area contributed by atoms with Crippen molar-refractivity contribution in [3.05, 3.63) is 35.9 Å². The minimum atomic E-state index is 0.0878. The van der Waals surface area contributed by atoms with Gasteiger partial charge in [0.25, 0.3) is 0 Å². The molecule has 2 fully saturated rings. The quantitative estimate of drug-likeness (QED) is 0.746. The third-order valence-electron chi connectivity index (χ3n) is 6.66. The minimum Gasteiger partial charge on any atom is -0.355 e. The second kappa shape index (κ2) is 11.3. The van der Waals surface area contributed by atoms with Crippen LogP contribution in [-0.2, 0) is 11.2 Å². The summed E-state index contributed by atoms with van der Waals surface area (Å²) in [6.45, 7) is 9.87. The summed E-state index contributed by atoms with van der Waals surface area (Å²) >= 11 is 0. The molecule has 0 aromatic heterocycles. The summed E-state index contributed by atoms with van der Waals surface area (Å²) in [7, 11) is 0. The Labute approximate surface area is 181 Å². The molecule has 0 unspecified atom stereocenters. The predicted molar refractivity (Wildman–Crippen MR) is 120 cm³/mol. The van der Waals surface area contributed by atoms with Crippen molar-refractivity contribution in [3.63, 3.8) is 0 Å². The molecule has 2 aliphatic heterocycles. The Morgan fingerprint density at radius 1 is 1.03 bits per heavy atom. The molecule has 3 rings (SSSR count). The van der Waals surface area contributed by atoms with Crippen molar-refractivity contribution in [2.24, 2.45) is 5.92 Å². The van der Waals surface area contributed by atoms with Gasteiger partial charge in [-0.05, 0) is 58.1 Å². The predicted octanol–water partition coefficient (Wildman–Crippen LogP) is 2.98. The summed E-state index contributed by atoms with van der Waals surface area (Å²) in [5.74, 6) is 0.287. The molecule has 1 N–H and O–H groups in total. The number of amides is 3. The fourth-order valence-electron chi connectivity index (χ4n) is 4.79. The Morgan fingerprint density at radius 3 is 2.40 bits per heavy atom. The second-order valence-corrected chi connectivity index (χ2v) is 8.53. The largest absolute Gasteiger partial charge is 0.355 e. The molecule has 2 saturated heterocycles. The highest BCUT2D eigenvalue weighted by Crippen LogP contribution is 2.24. The lowest BCUT2D eigenvalue weighted by molar-refractivity contribution is -0.127. The second-order valence-electron chi connectivity index (χ2n) is 8.53. The lowest BCUT2D eigenvalue weighted by Crippen LogP contribution is -2.53. The zero-order valence-electron chi connectivity index (χ0n) is 18.7. The molecule has 1 aromatic rings. The highest BCUT2D eigenvalue weighted by Gasteiger charge is 2.33. The summed E-state index contributed by atoms with van der Waals surface area (Å²) in [5, 5.41) is 3.15. The Hall–Kier alpha value is -2.08. The van der Waals surface area contributed by atoms with Gasteiger partial charge >= 0.3 is 6.03 Å². The van der Waals surface area contributed by atoms with E-state index in [2.05, 4.69) is 22.3 Å². The Morgan fingerprint density at radius 2 is 1.73 bits per heavy atom. The first-order valence-electron chi connectivity index (χ1n) is 11.7. The van der Waals surface area contributed by atoms with Crippen LogP contribution in [0.2, 0.25) is 0 Å². The van der Waals surface area contributed by atoms with Gasteiger partial charge < -0.3 is 15.1 Å². The molecule has 30 heavy (non-hydrogen) atoms. The number of hydrogen-bond donors (Lipinski definition) is 1. The monoisotopic (exact) mass is 414 g/mol. The van der Waals surface area contributed by atoms with Crippen molar-refractivity contribution in [2.45, 2.75) is 52.0 Å². The first kappa shape index (κ1) is 22.6. The topological polar surface area (TPSA) is 55.9 Å². The highest BCUT2D eigenvalue weighted by atomic mass is 16.2. The van der Waals surface area contributed by atoms with Gasteiger partial charge in [-0.15, -0.1) is 0 Å². The van der Waals surface area contributed by atoms with Crippen LogP contribution in [0.1, 0.15) is 45.1 Å². The molecular weight excluding hydrogens is 376 g/mol. The van der Waals surface area contributed by atoms with Gasteiger partial charge in [-0.2, -0.15) is 0 Å². The third-order valence-corrected chi connectivity index (χ3v) is 6.66. The summed E-state index contributed by atoms with van der Waals surface area (Å²) < 4.78 is 0. The number of piperidine rings is 2. The van der Waals surface area contributed by atoms with Crippen LogP contribution in [0.25, 0.3) is 0 Å². The summed E-state index contributed by atoms with van der Waals surface area (Å²) in [4.78, 5) is 31.7. The van der Waals surface area contributed by atoms with Crippen LogP contribution in [-0.4, -0.2) is 78.5 Å². The van der Waals surface area contributed by atoms with Crippen LogP contribution in [0.15, 0.2) is 30.3 Å². The molecule has 0 bridgehead atoms. The number of carbonyl (C=O) groups excluding carboxylic acids is 2. The Balaban J connectivity index is 1.42. The highest BCUT2D eigenvalue weighted by molar-refractivity contribution is 5.79. The molecular formula is C24H38N4O2. The van der Waals surface area contributed by atoms with Crippen LogP contribution in [0, 0.1) is 5.92 Å². The van der Waals surface area contributed by atoms with Gasteiger partial charge in [-0.25, -0.2) is 4.79 Å². The fourth-order valence-corrected chi connectivity index (χ4v) is 4.79. The van der Waals surface area contributed by atoms with Crippen LogP contribution in [0.4, 0.5) is 4.79 Å². The molecule has 6 heteroatoms. The van der Waals surface area contributed by atoms with Crippen molar-refractivity contribution >= 4 is 11.9 Å². The average Bonchev–Trinajstić information content (AvgIpc) is 2.80. The summed E-state index contributed by atoms with van der Waals surface area (Å²) in [6, 6.07) is 11.0. The number of benzene rings is 1. The van der Waals surface area contributed by atoms with Crippen LogP contribution >= 0.6 is 0 Å². The van der Waals surface area contributed by atoms with E-state index in [1.54, 1.807) is 0 Å². The maximum atomic E-state index is 12.7. The van der Waals surface area contributed by atoms with Gasteiger partial charge in [-0.1, -0.05) is 30.3 Å². The maximum Gasteiger partial charge on any atom is 0.319 e. The third kappa shape index (κ3) is 5.97. The van der Waals surface area contributed by atoms with E-state index in [0.717, 1.165) is 71.4 Å². The van der Waals surface area contributed by atoms with E-state index in [0.29, 0.717) is 12.6 Å². The minimum absolute atomic E-state index is 0.0878. The van der Waals surface area contributed by atoms with Gasteiger partial charge in [0.2, 0.25) is 5.91 Å². The molecule has 0 spiro atoms. The van der Waals surface area contributed by atoms with E-state index in [9.17, 15) is 9.59 Å². The number of carbonyl (C=O) groups is 2. The SMILES string of the molecule is CCN(CC)C(=O)N1CCC(N2CCC[C@@H](C(=O)NCCc3ccccc3)C2)CC1. The number of urea groups is 1. The lowest BCUT2D eigenvalue weighted by atomic mass is 9.93. The van der Waals surface area contributed by atoms with Crippen molar-refractivity contribution in [3.8, 4) is 0 Å². The first-order valence-corrected chi connectivity index (χ1v) is 11.7. The first-order chi connectivity index (χ1) is 14.6. The smallest absolute Gasteiger partial charge is 0.319 e. The Kier molecular flexibility index (Phi) is 8.55. The molecule has 6 nitrogen and oxygen atoms in total. The molecule has 2 aliphatic rings. The molecule has 0 saturated carbocycles. The number of nitrogens with one attached hydrogen (secondary N) is 1. The van der Waals surface area contributed by atoms with E-state index in [-0.39, 0.29) is 17.9 Å². The van der Waals surface area contributed by atoms with Crippen molar-refractivity contribution in [1.82, 2.24) is 20.0 Å². The molecule has 1 aromatic carbocycles. The molecule has 0 radical (unpaired) electrons. The van der Waals surface area contributed by atoms with Gasteiger partial charge in [-0.3, -0.25) is 9.69 Å². The average molecular weight is 415 g/mol. The van der Waals surface area contributed by atoms with E-state index in [1.807, 2.05) is 41.8 Å². The van der Waals surface area contributed by atoms with Gasteiger partial charge in [0.05, 0.1) is 5.92 Å². The molecule has 1 atom stereocenters.